The van der Waals surface area contributed by atoms with E-state index in [2.05, 4.69) is 81.9 Å². The molecule has 3 saturated heterocycles. The number of carbonyl (C=O) groups excluding carboxylic acids is 3. The minimum Gasteiger partial charge on any atom is -0.535 e. The summed E-state index contributed by atoms with van der Waals surface area (Å²) in [6, 6.07) is 39.4. The molecule has 25 nitrogen and oxygen atoms in total. The summed E-state index contributed by atoms with van der Waals surface area (Å²) in [6.45, 7) is 35.4. The molecule has 124 heavy (non-hydrogen) atoms. The van der Waals surface area contributed by atoms with Gasteiger partial charge in [0.05, 0.1) is 62.4 Å². The van der Waals surface area contributed by atoms with Crippen molar-refractivity contribution in [3.63, 3.8) is 0 Å². The van der Waals surface area contributed by atoms with Crippen LogP contribution in [-0.4, -0.2) is 153 Å². The molecule has 3 fully saturated rings. The number of nitriles is 1. The molecule has 0 unspecified atom stereocenters. The third-order valence-electron chi connectivity index (χ3n) is 19.5. The molecule has 6 heterocycles. The molecule has 0 saturated carbocycles. The Morgan fingerprint density at radius 1 is 0.508 bits per heavy atom. The molecule has 3 aliphatic rings. The fourth-order valence-corrected chi connectivity index (χ4v) is 15.0. The summed E-state index contributed by atoms with van der Waals surface area (Å²) < 4.78 is 74.9. The molecule has 14 rings (SSSR count). The zero-order valence-corrected chi connectivity index (χ0v) is 72.3. The molecule has 1 radical (unpaired) electrons. The van der Waals surface area contributed by atoms with Gasteiger partial charge < -0.3 is 79.9 Å². The van der Waals surface area contributed by atoms with Crippen LogP contribution in [0.15, 0.2) is 169 Å². The van der Waals surface area contributed by atoms with Gasteiger partial charge in [-0.05, 0) is 202 Å². The lowest BCUT2D eigenvalue weighted by Crippen LogP contribution is -2.46. The maximum Gasteiger partial charge on any atom is 0.569 e. The highest BCUT2D eigenvalue weighted by molar-refractivity contribution is 9.10. The van der Waals surface area contributed by atoms with Gasteiger partial charge in [0.2, 0.25) is 11.4 Å². The van der Waals surface area contributed by atoms with Crippen molar-refractivity contribution in [2.45, 2.75) is 136 Å². The van der Waals surface area contributed by atoms with Crippen LogP contribution in [0.25, 0.3) is 75.8 Å². The number of halogens is 7. The van der Waals surface area contributed by atoms with E-state index >= 15 is 0 Å². The molecule has 3 amide bonds. The zero-order valence-electron chi connectivity index (χ0n) is 69.2. The van der Waals surface area contributed by atoms with Crippen molar-refractivity contribution < 1.29 is 81.2 Å². The second kappa shape index (κ2) is 41.7. The number of phenols is 3. The predicted molar refractivity (Wildman–Crippen MR) is 476 cm³/mol. The first-order valence-electron chi connectivity index (χ1n) is 39.3. The number of alkyl carbamates (subject to hydrolysis) is 3. The minimum absolute atomic E-state index is 0.0295. The van der Waals surface area contributed by atoms with Crippen LogP contribution in [0.3, 0.4) is 0 Å². The van der Waals surface area contributed by atoms with E-state index in [9.17, 15) is 47.3 Å². The van der Waals surface area contributed by atoms with Crippen molar-refractivity contribution in [2.24, 2.45) is 0 Å². The monoisotopic (exact) mass is 1790 g/mol. The Labute approximate surface area is 734 Å². The Morgan fingerprint density at radius 3 is 1.27 bits per heavy atom. The molecule has 0 atom stereocenters. The van der Waals surface area contributed by atoms with Gasteiger partial charge in [-0.2, -0.15) is 5.26 Å². The maximum absolute atomic E-state index is 14.3. The van der Waals surface area contributed by atoms with Crippen LogP contribution in [0.5, 0.6) is 23.0 Å². The van der Waals surface area contributed by atoms with Gasteiger partial charge in [0.1, 0.15) is 63.4 Å². The van der Waals surface area contributed by atoms with Crippen LogP contribution >= 0.6 is 39.1 Å². The van der Waals surface area contributed by atoms with Crippen LogP contribution in [0.4, 0.5) is 60.4 Å². The average Bonchev–Trinajstić information content (AvgIpc) is 0.768. The van der Waals surface area contributed by atoms with Crippen molar-refractivity contribution in [1.29, 1.82) is 5.26 Å². The highest BCUT2D eigenvalue weighted by Gasteiger charge is 2.31. The number of piperidine rings is 3. The van der Waals surface area contributed by atoms with Crippen LogP contribution in [-0.2, 0) is 14.2 Å². The van der Waals surface area contributed by atoms with Gasteiger partial charge in [0.25, 0.3) is 0 Å². The first-order chi connectivity index (χ1) is 58.8. The van der Waals surface area contributed by atoms with E-state index < -0.39 is 59.4 Å². The van der Waals surface area contributed by atoms with E-state index in [1.165, 1.54) is 30.3 Å². The molecular formula is C90H90B2BrCl2F4N12O13. The first-order valence-corrected chi connectivity index (χ1v) is 40.9. The van der Waals surface area contributed by atoms with E-state index in [0.29, 0.717) is 96.2 Å². The average molecular weight is 1800 g/mol. The Bertz CT molecular complexity index is 5800. The highest BCUT2D eigenvalue weighted by Crippen LogP contribution is 2.45. The molecule has 643 valence electrons. The van der Waals surface area contributed by atoms with Crippen LogP contribution in [0, 0.1) is 47.7 Å². The molecule has 8 aromatic carbocycles. The number of amides is 3. The Balaban J connectivity index is 0.000000175. The summed E-state index contributed by atoms with van der Waals surface area (Å²) in [7, 11) is -1.39. The smallest absolute Gasteiger partial charge is 0.535 e. The number of aromatic hydroxyl groups is 3. The van der Waals surface area contributed by atoms with Crippen molar-refractivity contribution in [1.82, 2.24) is 30.9 Å². The summed E-state index contributed by atoms with van der Waals surface area (Å²) in [4.78, 5) is 63.3. The summed E-state index contributed by atoms with van der Waals surface area (Å²) in [5.41, 5.74) is 7.10. The third-order valence-corrected chi connectivity index (χ3v) is 20.6. The number of carbonyl (C=O) groups is 3. The summed E-state index contributed by atoms with van der Waals surface area (Å²) >= 11 is 16.6. The Hall–Kier alpha value is -12.3. The minimum atomic E-state index is -1.83. The number of phenolic OH excluding ortho intramolecular Hbond substituents is 3. The Kier molecular flexibility index (Phi) is 31.6. The summed E-state index contributed by atoms with van der Waals surface area (Å²) in [5, 5.41) is 76.9. The quantitative estimate of drug-likeness (QED) is 0.0237. The van der Waals surface area contributed by atoms with Crippen molar-refractivity contribution in [3.8, 4) is 62.4 Å². The van der Waals surface area contributed by atoms with Gasteiger partial charge in [0, 0.05) is 125 Å². The van der Waals surface area contributed by atoms with Gasteiger partial charge in [-0.3, -0.25) is 15.0 Å². The molecule has 34 heteroatoms. The van der Waals surface area contributed by atoms with Gasteiger partial charge in [-0.1, -0.05) is 93.7 Å². The molecule has 11 aromatic rings. The highest BCUT2D eigenvalue weighted by atomic mass is 79.9. The fraction of sp³-hybridized carbons (Fsp3) is 0.300. The van der Waals surface area contributed by atoms with Crippen LogP contribution < -0.4 is 40.8 Å². The number of hydrogen-bond donors (Lipinski definition) is 9. The number of fused-ring (bicyclic) bond motifs is 3. The number of ether oxygens (including phenoxy) is 3. The second-order valence-electron chi connectivity index (χ2n) is 32.1. The molecule has 3 aliphatic heterocycles. The molecule has 9 N–H and O–H groups in total. The fourth-order valence-electron chi connectivity index (χ4n) is 14.1. The molecular weight excluding hydrogens is 1710 g/mol. The normalized spacial score (nSPS) is 13.7. The molecule has 0 spiro atoms. The number of rotatable bonds is 12. The van der Waals surface area contributed by atoms with Gasteiger partial charge in [-0.25, -0.2) is 41.6 Å². The Morgan fingerprint density at radius 2 is 0.879 bits per heavy atom. The van der Waals surface area contributed by atoms with Crippen LogP contribution in [0.1, 0.15) is 106 Å². The van der Waals surface area contributed by atoms with Crippen molar-refractivity contribution >= 4 is 139 Å². The predicted octanol–water partition coefficient (Wildman–Crippen LogP) is 18.9. The molecule has 0 aliphatic carbocycles. The summed E-state index contributed by atoms with van der Waals surface area (Å²) in [5.74, 6) is -3.42. The lowest BCUT2D eigenvalue weighted by atomic mass is 9.80. The third kappa shape index (κ3) is 25.4. The number of nitrogens with one attached hydrogen (secondary N) is 3. The van der Waals surface area contributed by atoms with E-state index in [1.54, 1.807) is 61.1 Å². The largest absolute Gasteiger partial charge is 0.569 e. The van der Waals surface area contributed by atoms with E-state index in [4.69, 9.17) is 70.9 Å². The lowest BCUT2D eigenvalue weighted by molar-refractivity contribution is 0.0485. The number of para-hydroxylation sites is 3. The van der Waals surface area contributed by atoms with Crippen molar-refractivity contribution in [3.05, 3.63) is 230 Å². The van der Waals surface area contributed by atoms with Gasteiger partial charge in [-0.15, -0.1) is 0 Å². The number of hydrogen-bond acceptors (Lipinski definition) is 20. The SMILES string of the molecule is CC(C)(C)OC(=O)NC1CCN(c2c(Cl)cnc3ccc(Br)cc23)CC1.N#Cc1cccc(O[B]O)c1O.OB(O)c1cc(F)cc(F)c1.[C-]#[N+]c1cccc(-c2ccc3ncc(-c4cc(F)cc(F)c4)c(N4CCC(NC(=O)OC(C)(C)C)CC4)c3c2)c1O.[C-]#[N+]c1cccc(-c2ccc3ncc(Cl)c(N4CCC(NC(=O)OC(C)(C)C)CC4)c3c2)c1O. The van der Waals surface area contributed by atoms with E-state index in [-0.39, 0.29) is 69.6 Å². The zero-order chi connectivity index (χ0) is 90.1. The van der Waals surface area contributed by atoms with Crippen molar-refractivity contribution in [2.75, 3.05) is 54.0 Å². The number of benzene rings is 8. The summed E-state index contributed by atoms with van der Waals surface area (Å²) in [6.07, 6.45) is 8.22. The number of aromatic nitrogens is 3. The maximum atomic E-state index is 14.3. The number of pyridine rings is 3. The number of anilines is 3. The lowest BCUT2D eigenvalue weighted by Gasteiger charge is -2.36. The number of nitrogens with zero attached hydrogens (tertiary/aromatic N) is 9. The second-order valence-corrected chi connectivity index (χ2v) is 33.8. The van der Waals surface area contributed by atoms with E-state index in [0.717, 1.165) is 111 Å². The van der Waals surface area contributed by atoms with Crippen LogP contribution in [0.2, 0.25) is 10.0 Å². The van der Waals surface area contributed by atoms with E-state index in [1.807, 2.05) is 111 Å². The standard InChI is InChI=1S/C32H30F2N4O3.C26H27ClN4O3.C19H23BrClN3O2.C7H5BNO3.C6H5BF2O2/c1-32(2,3)41-31(40)37-23-10-12-38(13-11-23)29-25-16-19(24-6-5-7-28(35-4)30(24)39)8-9-27(25)36-18-26(29)20-14-21(33)17-22(34)15-20;1-26(2,3)34-25(33)30-17-10-12-31(13-11-17)23-19-14-16(8-9-21(19)29-15-20(23)27)18-6-5-7-22(28-4)24(18)32;1-19(2,3)26-18(25)23-13-6-8-24(9-7-13)17-14-10-12(20)4-5-16(14)22-11-15(17)21;9-4-5-2-1-3-6(7(5)10)12-8-11;8-5-1-4(7(10)11)2-6(9)3-5/h5-9,14-18,23,39H,10-13H2,1-3H3,(H,37,40);5-9,14-15,17,32H,10-13H2,1-3H3,(H,30,33);4-5,10-11,13H,6-9H2,1-3H3,(H,23,25);1-3,10-11H;1-3,10-11H. The van der Waals surface area contributed by atoms with Gasteiger partial charge >= 0.3 is 33.1 Å². The van der Waals surface area contributed by atoms with Gasteiger partial charge in [0.15, 0.2) is 5.75 Å². The topological polar surface area (TPSA) is 327 Å². The molecule has 0 bridgehead atoms. The first kappa shape index (κ1) is 93.9. The molecule has 3 aromatic heterocycles.